The van der Waals surface area contributed by atoms with Crippen LogP contribution in [-0.2, 0) is 6.54 Å². The Morgan fingerprint density at radius 3 is 2.47 bits per heavy atom. The second-order valence-electron chi connectivity index (χ2n) is 8.72. The number of anilines is 1. The first-order chi connectivity index (χ1) is 15.7. The molecule has 5 rings (SSSR count). The van der Waals surface area contributed by atoms with E-state index in [1.54, 1.807) is 6.33 Å². The molecule has 6 nitrogen and oxygen atoms in total. The number of H-pyrrole nitrogens is 1. The van der Waals surface area contributed by atoms with Gasteiger partial charge < -0.3 is 15.2 Å². The minimum atomic E-state index is 0.154. The number of nitrogens with zero attached hydrogens (tertiary/aromatic N) is 4. The van der Waals surface area contributed by atoms with Crippen LogP contribution in [0.5, 0.6) is 0 Å². The highest BCUT2D eigenvalue weighted by Gasteiger charge is 2.15. The highest BCUT2D eigenvalue weighted by molar-refractivity contribution is 5.91. The summed E-state index contributed by atoms with van der Waals surface area (Å²) in [7, 11) is 2.19. The minimum absolute atomic E-state index is 0.154. The average molecular weight is 427 g/mol. The topological polar surface area (TPSA) is 60.1 Å². The van der Waals surface area contributed by atoms with Crippen LogP contribution < -0.4 is 5.32 Å². The Hall–Kier alpha value is -3.22. The molecule has 1 saturated heterocycles. The molecule has 0 spiro atoms. The van der Waals surface area contributed by atoms with Crippen LogP contribution in [0.25, 0.3) is 22.3 Å². The maximum absolute atomic E-state index is 4.51. The molecule has 1 aliphatic heterocycles. The van der Waals surface area contributed by atoms with E-state index < -0.39 is 0 Å². The maximum atomic E-state index is 4.51. The molecule has 6 heteroatoms. The Labute approximate surface area is 189 Å². The fourth-order valence-electron chi connectivity index (χ4n) is 4.29. The first kappa shape index (κ1) is 20.7. The molecule has 0 amide bonds. The molecule has 2 aromatic carbocycles. The van der Waals surface area contributed by atoms with Crippen molar-refractivity contribution in [1.29, 1.82) is 0 Å². The number of aromatic amines is 1. The summed E-state index contributed by atoms with van der Waals surface area (Å²) in [6.07, 6.45) is 1.61. The molecule has 1 aliphatic rings. The molecule has 1 fully saturated rings. The lowest BCUT2D eigenvalue weighted by Gasteiger charge is -2.32. The van der Waals surface area contributed by atoms with Crippen molar-refractivity contribution in [3.05, 3.63) is 78.1 Å². The molecule has 0 aliphatic carbocycles. The van der Waals surface area contributed by atoms with Gasteiger partial charge in [0.25, 0.3) is 0 Å². The summed E-state index contributed by atoms with van der Waals surface area (Å²) in [6, 6.07) is 21.6. The van der Waals surface area contributed by atoms with Crippen LogP contribution in [0.1, 0.15) is 24.1 Å². The third-order valence-corrected chi connectivity index (χ3v) is 6.35. The number of aromatic nitrogens is 3. The summed E-state index contributed by atoms with van der Waals surface area (Å²) in [5.41, 5.74) is 5.65. The zero-order chi connectivity index (χ0) is 21.9. The van der Waals surface area contributed by atoms with E-state index in [0.717, 1.165) is 60.8 Å². The molecule has 0 radical (unpaired) electrons. The monoisotopic (exact) mass is 426 g/mol. The molecule has 164 valence electrons. The molecule has 2 aromatic heterocycles. The first-order valence-corrected chi connectivity index (χ1v) is 11.3. The van der Waals surface area contributed by atoms with Crippen molar-refractivity contribution in [2.24, 2.45) is 0 Å². The lowest BCUT2D eigenvalue weighted by Crippen LogP contribution is -2.43. The summed E-state index contributed by atoms with van der Waals surface area (Å²) >= 11 is 0. The van der Waals surface area contributed by atoms with Crippen molar-refractivity contribution in [3.8, 4) is 11.3 Å². The van der Waals surface area contributed by atoms with E-state index in [0.29, 0.717) is 0 Å². The minimum Gasteiger partial charge on any atom is -0.363 e. The molecular formula is C26H30N6. The van der Waals surface area contributed by atoms with Crippen molar-refractivity contribution in [2.75, 3.05) is 38.5 Å². The van der Waals surface area contributed by atoms with E-state index in [-0.39, 0.29) is 6.04 Å². The molecule has 0 saturated carbocycles. The second kappa shape index (κ2) is 9.10. The van der Waals surface area contributed by atoms with Crippen LogP contribution in [0.2, 0.25) is 0 Å². The number of piperazine rings is 1. The number of hydrogen-bond donors (Lipinski definition) is 2. The zero-order valence-electron chi connectivity index (χ0n) is 18.8. The van der Waals surface area contributed by atoms with Crippen LogP contribution >= 0.6 is 0 Å². The first-order valence-electron chi connectivity index (χ1n) is 11.3. The van der Waals surface area contributed by atoms with Crippen molar-refractivity contribution >= 4 is 16.9 Å². The van der Waals surface area contributed by atoms with Gasteiger partial charge in [0.2, 0.25) is 0 Å². The van der Waals surface area contributed by atoms with Gasteiger partial charge >= 0.3 is 0 Å². The third-order valence-electron chi connectivity index (χ3n) is 6.35. The molecule has 3 heterocycles. The van der Waals surface area contributed by atoms with E-state index >= 15 is 0 Å². The van der Waals surface area contributed by atoms with E-state index in [9.17, 15) is 0 Å². The van der Waals surface area contributed by atoms with Gasteiger partial charge in [-0.1, -0.05) is 54.6 Å². The quantitative estimate of drug-likeness (QED) is 0.474. The Morgan fingerprint density at radius 1 is 0.969 bits per heavy atom. The van der Waals surface area contributed by atoms with Gasteiger partial charge in [-0.2, -0.15) is 0 Å². The molecular weight excluding hydrogens is 396 g/mol. The molecule has 1 atom stereocenters. The lowest BCUT2D eigenvalue weighted by atomic mass is 10.1. The van der Waals surface area contributed by atoms with Crippen LogP contribution in [0, 0.1) is 0 Å². The van der Waals surface area contributed by atoms with E-state index in [1.165, 1.54) is 11.1 Å². The van der Waals surface area contributed by atoms with Crippen LogP contribution in [-0.4, -0.2) is 58.0 Å². The molecule has 2 N–H and O–H groups in total. The highest BCUT2D eigenvalue weighted by Crippen LogP contribution is 2.29. The average Bonchev–Trinajstić information content (AvgIpc) is 3.27. The second-order valence-corrected chi connectivity index (χ2v) is 8.72. The van der Waals surface area contributed by atoms with E-state index in [2.05, 4.69) is 98.6 Å². The number of likely N-dealkylation sites (N-methyl/N-ethyl adjacent to an activating group) is 1. The number of fused-ring (bicyclic) bond motifs is 1. The van der Waals surface area contributed by atoms with Crippen LogP contribution in [0.15, 0.2) is 67.0 Å². The standard InChI is InChI=1S/C26H30N6/c1-19(21-6-4-3-5-7-21)29-25-23-16-24(30-26(23)28-18-27-25)22-10-8-20(9-11-22)17-32-14-12-31(2)13-15-32/h3-11,16,18-19H,12-15,17H2,1-2H3,(H2,27,28,29,30). The largest absolute Gasteiger partial charge is 0.363 e. The number of rotatable bonds is 6. The van der Waals surface area contributed by atoms with E-state index in [1.807, 2.05) is 6.07 Å². The van der Waals surface area contributed by atoms with Crippen LogP contribution in [0.4, 0.5) is 5.82 Å². The predicted molar refractivity (Wildman–Crippen MR) is 131 cm³/mol. The summed E-state index contributed by atoms with van der Waals surface area (Å²) in [4.78, 5) is 17.3. The Kier molecular flexibility index (Phi) is 5.88. The van der Waals surface area contributed by atoms with Gasteiger partial charge in [-0.15, -0.1) is 0 Å². The number of hydrogen-bond acceptors (Lipinski definition) is 5. The van der Waals surface area contributed by atoms with Crippen molar-refractivity contribution in [3.63, 3.8) is 0 Å². The highest BCUT2D eigenvalue weighted by atomic mass is 15.2. The Morgan fingerprint density at radius 2 is 1.72 bits per heavy atom. The van der Waals surface area contributed by atoms with Crippen molar-refractivity contribution < 1.29 is 0 Å². The summed E-state index contributed by atoms with van der Waals surface area (Å²) in [5.74, 6) is 0.848. The molecule has 32 heavy (non-hydrogen) atoms. The zero-order valence-corrected chi connectivity index (χ0v) is 18.8. The summed E-state index contributed by atoms with van der Waals surface area (Å²) in [6.45, 7) is 7.72. The summed E-state index contributed by atoms with van der Waals surface area (Å²) < 4.78 is 0. The van der Waals surface area contributed by atoms with Gasteiger partial charge in [0, 0.05) is 44.5 Å². The van der Waals surface area contributed by atoms with Gasteiger partial charge in [0.05, 0.1) is 5.39 Å². The van der Waals surface area contributed by atoms with Gasteiger partial charge in [-0.05, 0) is 36.7 Å². The summed E-state index contributed by atoms with van der Waals surface area (Å²) in [5, 5.41) is 4.55. The molecule has 0 bridgehead atoms. The SMILES string of the molecule is CC(Nc1ncnc2[nH]c(-c3ccc(CN4CCN(C)CC4)cc3)cc12)c1ccccc1. The number of nitrogens with one attached hydrogen (secondary N) is 2. The molecule has 1 unspecified atom stereocenters. The maximum Gasteiger partial charge on any atom is 0.143 e. The fourth-order valence-corrected chi connectivity index (χ4v) is 4.29. The van der Waals surface area contributed by atoms with Crippen molar-refractivity contribution in [2.45, 2.75) is 19.5 Å². The third kappa shape index (κ3) is 4.52. The van der Waals surface area contributed by atoms with Crippen molar-refractivity contribution in [1.82, 2.24) is 24.8 Å². The number of benzene rings is 2. The van der Waals surface area contributed by atoms with Gasteiger partial charge in [0.1, 0.15) is 17.8 Å². The van der Waals surface area contributed by atoms with Gasteiger partial charge in [-0.25, -0.2) is 9.97 Å². The fraction of sp³-hybridized carbons (Fsp3) is 0.308. The Balaban J connectivity index is 1.33. The molecule has 4 aromatic rings. The van der Waals surface area contributed by atoms with Crippen LogP contribution in [0.3, 0.4) is 0 Å². The lowest BCUT2D eigenvalue weighted by molar-refractivity contribution is 0.148. The van der Waals surface area contributed by atoms with E-state index in [4.69, 9.17) is 0 Å². The van der Waals surface area contributed by atoms with Gasteiger partial charge in [-0.3, -0.25) is 4.90 Å². The normalized spacial score (nSPS) is 16.3. The Bertz CT molecular complexity index is 1160. The smallest absolute Gasteiger partial charge is 0.143 e. The van der Waals surface area contributed by atoms with Gasteiger partial charge in [0.15, 0.2) is 0 Å². The predicted octanol–water partition coefficient (Wildman–Crippen LogP) is 4.55.